The van der Waals surface area contributed by atoms with Gasteiger partial charge in [-0.05, 0) is 23.6 Å². The quantitative estimate of drug-likeness (QED) is 0.162. The number of anilines is 1. The van der Waals surface area contributed by atoms with Gasteiger partial charge >= 0.3 is 11.9 Å². The molecule has 0 saturated heterocycles. The zero-order chi connectivity index (χ0) is 25.5. The van der Waals surface area contributed by atoms with Crippen molar-refractivity contribution in [3.05, 3.63) is 119 Å². The summed E-state index contributed by atoms with van der Waals surface area (Å²) >= 11 is 1.21. The molecule has 0 fully saturated rings. The summed E-state index contributed by atoms with van der Waals surface area (Å²) in [7, 11) is 0. The number of carbonyl (C=O) groups is 2. The van der Waals surface area contributed by atoms with Crippen molar-refractivity contribution >= 4 is 34.1 Å². The molecule has 1 unspecified atom stereocenters. The second kappa shape index (κ2) is 10.8. The molecule has 0 aliphatic heterocycles. The van der Waals surface area contributed by atoms with E-state index in [0.29, 0.717) is 5.13 Å². The van der Waals surface area contributed by atoms with Crippen LogP contribution >= 0.6 is 11.3 Å². The standard InChI is InChI=1S/C27H23N3O5S/c1-18(24(31)32)35-30-23(25(33)34)22-17-36-26(28-22)29-27(19-11-5-2-6-12-19,20-13-7-3-8-14-20)21-15-9-4-10-16-21/h2-18H,1H3,(H,28,29)(H,31,32)(H,33,34)/b30-23-. The van der Waals surface area contributed by atoms with Gasteiger partial charge in [-0.3, -0.25) is 0 Å². The molecule has 0 aliphatic carbocycles. The minimum atomic E-state index is -1.38. The molecule has 0 amide bonds. The van der Waals surface area contributed by atoms with Crippen molar-refractivity contribution in [3.8, 4) is 0 Å². The molecule has 3 N–H and O–H groups in total. The fourth-order valence-corrected chi connectivity index (χ4v) is 4.50. The van der Waals surface area contributed by atoms with E-state index in [2.05, 4.69) is 15.5 Å². The van der Waals surface area contributed by atoms with Crippen LogP contribution in [0.4, 0.5) is 5.13 Å². The summed E-state index contributed by atoms with van der Waals surface area (Å²) in [5.41, 5.74) is 1.61. The maximum absolute atomic E-state index is 11.8. The predicted molar refractivity (Wildman–Crippen MR) is 137 cm³/mol. The summed E-state index contributed by atoms with van der Waals surface area (Å²) in [6.45, 7) is 1.26. The SMILES string of the molecule is CC(O/N=C(\C(=O)O)c1csc(NC(c2ccccc2)(c2ccccc2)c2ccccc2)n1)C(=O)O. The number of aromatic nitrogens is 1. The van der Waals surface area contributed by atoms with Crippen LogP contribution in [0.2, 0.25) is 0 Å². The van der Waals surface area contributed by atoms with Crippen LogP contribution < -0.4 is 5.32 Å². The summed E-state index contributed by atoms with van der Waals surface area (Å²) < 4.78 is 0. The van der Waals surface area contributed by atoms with Gasteiger partial charge < -0.3 is 20.4 Å². The lowest BCUT2D eigenvalue weighted by atomic mass is 9.77. The molecule has 1 aromatic heterocycles. The van der Waals surface area contributed by atoms with E-state index in [4.69, 9.17) is 9.94 Å². The number of thiazole rings is 1. The average Bonchev–Trinajstić information content (AvgIpc) is 3.36. The zero-order valence-electron chi connectivity index (χ0n) is 19.2. The topological polar surface area (TPSA) is 121 Å². The van der Waals surface area contributed by atoms with Crippen LogP contribution in [0.5, 0.6) is 0 Å². The number of nitrogens with zero attached hydrogens (tertiary/aromatic N) is 2. The van der Waals surface area contributed by atoms with Gasteiger partial charge in [0.15, 0.2) is 5.13 Å². The minimum Gasteiger partial charge on any atom is -0.478 e. The summed E-state index contributed by atoms with van der Waals surface area (Å²) in [6, 6.07) is 29.7. The number of benzene rings is 3. The molecule has 1 atom stereocenters. The van der Waals surface area contributed by atoms with E-state index in [-0.39, 0.29) is 5.69 Å². The Kier molecular flexibility index (Phi) is 7.41. The number of carboxylic acid groups (broad SMARTS) is 2. The molecule has 36 heavy (non-hydrogen) atoms. The van der Waals surface area contributed by atoms with E-state index in [9.17, 15) is 14.7 Å². The van der Waals surface area contributed by atoms with Crippen LogP contribution in [0.25, 0.3) is 0 Å². The third-order valence-corrected chi connectivity index (χ3v) is 6.27. The lowest BCUT2D eigenvalue weighted by Gasteiger charge is -2.36. The summed E-state index contributed by atoms with van der Waals surface area (Å²) in [4.78, 5) is 32.2. The molecule has 1 heterocycles. The Morgan fingerprint density at radius 3 is 1.78 bits per heavy atom. The van der Waals surface area contributed by atoms with Gasteiger partial charge in [0.05, 0.1) is 0 Å². The van der Waals surface area contributed by atoms with Gasteiger partial charge in [0.25, 0.3) is 0 Å². The molecular formula is C27H23N3O5S. The molecular weight excluding hydrogens is 478 g/mol. The number of oxime groups is 1. The maximum Gasteiger partial charge on any atom is 0.360 e. The van der Waals surface area contributed by atoms with Gasteiger partial charge in [0.1, 0.15) is 11.2 Å². The molecule has 3 aromatic carbocycles. The lowest BCUT2D eigenvalue weighted by Crippen LogP contribution is -2.38. The minimum absolute atomic E-state index is 0.0515. The molecule has 0 spiro atoms. The highest BCUT2D eigenvalue weighted by Crippen LogP contribution is 2.40. The molecule has 0 aliphatic rings. The summed E-state index contributed by atoms with van der Waals surface area (Å²) in [5, 5.41) is 27.7. The Bertz CT molecular complexity index is 1260. The van der Waals surface area contributed by atoms with Crippen LogP contribution in [0.1, 0.15) is 29.3 Å². The zero-order valence-corrected chi connectivity index (χ0v) is 20.1. The fraction of sp³-hybridized carbons (Fsp3) is 0.111. The van der Waals surface area contributed by atoms with Gasteiger partial charge in [-0.2, -0.15) is 0 Å². The Morgan fingerprint density at radius 1 is 0.889 bits per heavy atom. The second-order valence-corrected chi connectivity index (χ2v) is 8.70. The van der Waals surface area contributed by atoms with Crippen molar-refractivity contribution < 1.29 is 24.6 Å². The molecule has 4 rings (SSSR count). The lowest BCUT2D eigenvalue weighted by molar-refractivity contribution is -0.149. The van der Waals surface area contributed by atoms with Gasteiger partial charge in [0.2, 0.25) is 11.8 Å². The van der Waals surface area contributed by atoms with Crippen molar-refractivity contribution in [2.45, 2.75) is 18.6 Å². The third-order valence-electron chi connectivity index (χ3n) is 5.51. The van der Waals surface area contributed by atoms with Crippen LogP contribution in [0.15, 0.2) is 102 Å². The average molecular weight is 502 g/mol. The van der Waals surface area contributed by atoms with E-state index in [1.54, 1.807) is 0 Å². The number of aliphatic carboxylic acids is 2. The summed E-state index contributed by atoms with van der Waals surface area (Å²) in [6.07, 6.45) is -1.31. The Balaban J connectivity index is 1.82. The van der Waals surface area contributed by atoms with Crippen LogP contribution in [0, 0.1) is 0 Å². The number of carboxylic acids is 2. The van der Waals surface area contributed by atoms with Crippen LogP contribution in [-0.2, 0) is 20.0 Å². The molecule has 182 valence electrons. The van der Waals surface area contributed by atoms with Crippen molar-refractivity contribution in [2.24, 2.45) is 5.16 Å². The highest BCUT2D eigenvalue weighted by atomic mass is 32.1. The van der Waals surface area contributed by atoms with E-state index in [1.165, 1.54) is 23.6 Å². The Hall–Kier alpha value is -4.50. The number of nitrogens with one attached hydrogen (secondary N) is 1. The number of hydrogen-bond acceptors (Lipinski definition) is 7. The maximum atomic E-state index is 11.8. The van der Waals surface area contributed by atoms with Gasteiger partial charge in [0, 0.05) is 5.38 Å². The highest BCUT2D eigenvalue weighted by molar-refractivity contribution is 7.14. The van der Waals surface area contributed by atoms with Crippen LogP contribution in [-0.4, -0.2) is 39.0 Å². The predicted octanol–water partition coefficient (Wildman–Crippen LogP) is 4.83. The van der Waals surface area contributed by atoms with Crippen LogP contribution in [0.3, 0.4) is 0 Å². The first-order valence-corrected chi connectivity index (χ1v) is 11.9. The largest absolute Gasteiger partial charge is 0.478 e. The monoisotopic (exact) mass is 501 g/mol. The normalized spacial score (nSPS) is 12.5. The van der Waals surface area contributed by atoms with E-state index < -0.39 is 29.3 Å². The smallest absolute Gasteiger partial charge is 0.360 e. The molecule has 9 heteroatoms. The first kappa shape index (κ1) is 24.6. The molecule has 0 bridgehead atoms. The molecule has 8 nitrogen and oxygen atoms in total. The number of hydrogen-bond donors (Lipinski definition) is 3. The molecule has 0 radical (unpaired) electrons. The van der Waals surface area contributed by atoms with Crippen molar-refractivity contribution in [2.75, 3.05) is 5.32 Å². The van der Waals surface area contributed by atoms with Gasteiger partial charge in [-0.15, -0.1) is 11.3 Å². The van der Waals surface area contributed by atoms with E-state index in [1.807, 2.05) is 91.0 Å². The van der Waals surface area contributed by atoms with Crippen molar-refractivity contribution in [3.63, 3.8) is 0 Å². The number of rotatable bonds is 10. The Labute approximate surface area is 211 Å². The van der Waals surface area contributed by atoms with Crippen molar-refractivity contribution in [1.29, 1.82) is 0 Å². The van der Waals surface area contributed by atoms with Gasteiger partial charge in [-0.1, -0.05) is 96.2 Å². The van der Waals surface area contributed by atoms with Crippen molar-refractivity contribution in [1.82, 2.24) is 4.98 Å². The fourth-order valence-electron chi connectivity index (χ4n) is 3.75. The summed E-state index contributed by atoms with van der Waals surface area (Å²) in [5.74, 6) is -2.65. The first-order valence-electron chi connectivity index (χ1n) is 11.0. The third kappa shape index (κ3) is 5.11. The Morgan fingerprint density at radius 2 is 1.36 bits per heavy atom. The molecule has 0 saturated carbocycles. The highest BCUT2D eigenvalue weighted by Gasteiger charge is 2.37. The first-order chi connectivity index (χ1) is 17.4. The van der Waals surface area contributed by atoms with Gasteiger partial charge in [-0.25, -0.2) is 14.6 Å². The van der Waals surface area contributed by atoms with E-state index >= 15 is 0 Å². The molecule has 4 aromatic rings. The van der Waals surface area contributed by atoms with E-state index in [0.717, 1.165) is 16.7 Å². The second-order valence-electron chi connectivity index (χ2n) is 7.84.